The zero-order chi connectivity index (χ0) is 18.4. The number of ether oxygens (including phenoxy) is 1. The lowest BCUT2D eigenvalue weighted by atomic mass is 10.0. The van der Waals surface area contributed by atoms with Gasteiger partial charge in [0, 0.05) is 0 Å². The number of rotatable bonds is 6. The third-order valence-electron chi connectivity index (χ3n) is 3.83. The number of benzene rings is 2. The number of carbonyl (C=O) groups is 2. The van der Waals surface area contributed by atoms with Gasteiger partial charge in [0.1, 0.15) is 6.04 Å². The summed E-state index contributed by atoms with van der Waals surface area (Å²) < 4.78 is 5.62. The number of alkyl carbamates (subject to hydrolysis) is 1. The van der Waals surface area contributed by atoms with E-state index in [0.717, 1.165) is 11.1 Å². The first-order chi connectivity index (χ1) is 12.6. The molecule has 5 nitrogen and oxygen atoms in total. The monoisotopic (exact) mass is 365 g/mol. The highest BCUT2D eigenvalue weighted by molar-refractivity contribution is 7.08. The Hall–Kier alpha value is -3.12. The Balaban J connectivity index is 1.80. The molecule has 1 atom stereocenters. The minimum Gasteiger partial charge on any atom is -0.436 e. The fraction of sp³-hybridized carbons (Fsp3) is 0.100. The quantitative estimate of drug-likeness (QED) is 0.714. The second kappa shape index (κ2) is 8.31. The Labute approximate surface area is 155 Å². The molecule has 0 fully saturated rings. The summed E-state index contributed by atoms with van der Waals surface area (Å²) in [5.41, 5.74) is 9.62. The zero-order valence-corrected chi connectivity index (χ0v) is 14.6. The standard InChI is InChI=1S/C20H17N2O3S/c21-19(23)17(16-11-12-26-13-16)22-20(24)25-18(14-7-3-1-4-8-14)15-9-5-2-6-10-15/h1-13,17-18,21H,(H,22,24). The number of thiophene rings is 1. The zero-order valence-electron chi connectivity index (χ0n) is 13.8. The van der Waals surface area contributed by atoms with Crippen LogP contribution in [0.1, 0.15) is 28.8 Å². The second-order valence-corrected chi connectivity index (χ2v) is 6.39. The van der Waals surface area contributed by atoms with E-state index in [4.69, 9.17) is 10.5 Å². The molecule has 2 aromatic carbocycles. The van der Waals surface area contributed by atoms with Gasteiger partial charge in [-0.3, -0.25) is 10.5 Å². The van der Waals surface area contributed by atoms with Crippen molar-refractivity contribution in [3.8, 4) is 0 Å². The molecular formula is C20H17N2O3S. The highest BCUT2D eigenvalue weighted by atomic mass is 32.1. The molecule has 0 spiro atoms. The summed E-state index contributed by atoms with van der Waals surface area (Å²) in [7, 11) is 0. The van der Waals surface area contributed by atoms with Gasteiger partial charge in [0.25, 0.3) is 5.91 Å². The van der Waals surface area contributed by atoms with E-state index in [9.17, 15) is 9.59 Å². The molecule has 1 unspecified atom stereocenters. The van der Waals surface area contributed by atoms with E-state index in [2.05, 4.69) is 5.32 Å². The summed E-state index contributed by atoms with van der Waals surface area (Å²) in [6, 6.07) is 19.4. The van der Waals surface area contributed by atoms with E-state index >= 15 is 0 Å². The fourth-order valence-electron chi connectivity index (χ4n) is 2.58. The van der Waals surface area contributed by atoms with Crippen molar-refractivity contribution >= 4 is 23.3 Å². The van der Waals surface area contributed by atoms with E-state index in [1.165, 1.54) is 11.3 Å². The number of carbonyl (C=O) groups excluding carboxylic acids is 2. The predicted octanol–water partition coefficient (Wildman–Crippen LogP) is 4.11. The summed E-state index contributed by atoms with van der Waals surface area (Å²) in [5, 5.41) is 6.01. The van der Waals surface area contributed by atoms with Crippen molar-refractivity contribution in [3.05, 3.63) is 94.2 Å². The van der Waals surface area contributed by atoms with Gasteiger partial charge >= 0.3 is 6.09 Å². The van der Waals surface area contributed by atoms with Crippen molar-refractivity contribution in [3.63, 3.8) is 0 Å². The van der Waals surface area contributed by atoms with Gasteiger partial charge in [0.2, 0.25) is 0 Å². The van der Waals surface area contributed by atoms with Crippen LogP contribution in [-0.2, 0) is 9.53 Å². The normalized spacial score (nSPS) is 11.7. The number of amides is 2. The third kappa shape index (κ3) is 4.29. The first kappa shape index (κ1) is 17.7. The van der Waals surface area contributed by atoms with Crippen LogP contribution in [0.2, 0.25) is 0 Å². The summed E-state index contributed by atoms with van der Waals surface area (Å²) >= 11 is 1.39. The van der Waals surface area contributed by atoms with Crippen LogP contribution in [0.5, 0.6) is 0 Å². The van der Waals surface area contributed by atoms with Crippen molar-refractivity contribution in [1.29, 1.82) is 0 Å². The molecule has 131 valence electrons. The Kier molecular flexibility index (Phi) is 5.66. The molecule has 1 aromatic heterocycles. The molecule has 1 heterocycles. The molecule has 1 radical (unpaired) electrons. The van der Waals surface area contributed by atoms with Gasteiger partial charge in [-0.2, -0.15) is 11.3 Å². The van der Waals surface area contributed by atoms with Crippen LogP contribution in [0.4, 0.5) is 4.79 Å². The molecule has 3 rings (SSSR count). The van der Waals surface area contributed by atoms with Crippen LogP contribution in [0.15, 0.2) is 77.5 Å². The van der Waals surface area contributed by atoms with Crippen LogP contribution in [0.25, 0.3) is 0 Å². The molecule has 2 N–H and O–H groups in total. The van der Waals surface area contributed by atoms with Gasteiger partial charge < -0.3 is 10.1 Å². The summed E-state index contributed by atoms with van der Waals surface area (Å²) in [5.74, 6) is -0.892. The molecule has 0 aliphatic rings. The van der Waals surface area contributed by atoms with Crippen LogP contribution in [0.3, 0.4) is 0 Å². The molecule has 26 heavy (non-hydrogen) atoms. The van der Waals surface area contributed by atoms with Gasteiger partial charge in [-0.15, -0.1) is 0 Å². The average molecular weight is 365 g/mol. The van der Waals surface area contributed by atoms with Crippen LogP contribution in [-0.4, -0.2) is 12.0 Å². The smallest absolute Gasteiger partial charge is 0.409 e. The van der Waals surface area contributed by atoms with Crippen molar-refractivity contribution in [2.45, 2.75) is 12.1 Å². The van der Waals surface area contributed by atoms with Gasteiger partial charge in [0.15, 0.2) is 6.10 Å². The Bertz CT molecular complexity index is 812. The lowest BCUT2D eigenvalue weighted by Crippen LogP contribution is -2.35. The van der Waals surface area contributed by atoms with E-state index < -0.39 is 24.1 Å². The molecule has 0 aliphatic carbocycles. The SMILES string of the molecule is [NH]C(=O)C(NC(=O)OC(c1ccccc1)c1ccccc1)c1ccsc1. The van der Waals surface area contributed by atoms with Crippen molar-refractivity contribution < 1.29 is 14.3 Å². The Morgan fingerprint density at radius 1 is 0.885 bits per heavy atom. The fourth-order valence-corrected chi connectivity index (χ4v) is 3.27. The van der Waals surface area contributed by atoms with Gasteiger partial charge in [-0.1, -0.05) is 60.7 Å². The minimum absolute atomic E-state index is 0.572. The maximum atomic E-state index is 12.4. The molecule has 0 saturated carbocycles. The molecule has 0 bridgehead atoms. The van der Waals surface area contributed by atoms with E-state index in [1.807, 2.05) is 60.7 Å². The summed E-state index contributed by atoms with van der Waals surface area (Å²) in [6.07, 6.45) is -1.36. The Morgan fingerprint density at radius 3 is 1.92 bits per heavy atom. The number of nitrogens with one attached hydrogen (secondary N) is 2. The lowest BCUT2D eigenvalue weighted by Gasteiger charge is -2.21. The van der Waals surface area contributed by atoms with Gasteiger partial charge in [-0.25, -0.2) is 4.79 Å². The lowest BCUT2D eigenvalue weighted by molar-refractivity contribution is -0.120. The molecule has 3 aromatic rings. The van der Waals surface area contributed by atoms with E-state index in [-0.39, 0.29) is 0 Å². The van der Waals surface area contributed by atoms with Crippen molar-refractivity contribution in [2.24, 2.45) is 0 Å². The van der Waals surface area contributed by atoms with Crippen LogP contribution in [0, 0.1) is 0 Å². The summed E-state index contributed by atoms with van der Waals surface area (Å²) in [6.45, 7) is 0. The maximum absolute atomic E-state index is 12.4. The average Bonchev–Trinajstić information content (AvgIpc) is 3.20. The van der Waals surface area contributed by atoms with Crippen molar-refractivity contribution in [1.82, 2.24) is 11.1 Å². The minimum atomic E-state index is -1.04. The second-order valence-electron chi connectivity index (χ2n) is 5.61. The molecule has 6 heteroatoms. The molecule has 0 aliphatic heterocycles. The maximum Gasteiger partial charge on any atom is 0.409 e. The van der Waals surface area contributed by atoms with Gasteiger partial charge in [0.05, 0.1) is 0 Å². The molecular weight excluding hydrogens is 348 g/mol. The van der Waals surface area contributed by atoms with Gasteiger partial charge in [-0.05, 0) is 33.5 Å². The highest BCUT2D eigenvalue weighted by Crippen LogP contribution is 2.26. The van der Waals surface area contributed by atoms with Crippen LogP contribution >= 0.6 is 11.3 Å². The van der Waals surface area contributed by atoms with Crippen molar-refractivity contribution in [2.75, 3.05) is 0 Å². The predicted molar refractivity (Wildman–Crippen MR) is 99.5 cm³/mol. The topological polar surface area (TPSA) is 79.2 Å². The number of hydrogen-bond acceptors (Lipinski definition) is 4. The highest BCUT2D eigenvalue weighted by Gasteiger charge is 2.25. The first-order valence-electron chi connectivity index (χ1n) is 7.99. The molecule has 0 saturated heterocycles. The Morgan fingerprint density at radius 2 is 1.46 bits per heavy atom. The van der Waals surface area contributed by atoms with Crippen LogP contribution < -0.4 is 11.1 Å². The van der Waals surface area contributed by atoms with E-state index in [1.54, 1.807) is 16.8 Å². The summed E-state index contributed by atoms with van der Waals surface area (Å²) in [4.78, 5) is 24.0. The number of hydrogen-bond donors (Lipinski definition) is 1. The largest absolute Gasteiger partial charge is 0.436 e. The first-order valence-corrected chi connectivity index (χ1v) is 8.94. The third-order valence-corrected chi connectivity index (χ3v) is 4.53. The van der Waals surface area contributed by atoms with E-state index in [0.29, 0.717) is 5.56 Å². The molecule has 2 amide bonds.